The highest BCUT2D eigenvalue weighted by Crippen LogP contribution is 2.32. The van der Waals surface area contributed by atoms with Gasteiger partial charge in [-0.05, 0) is 48.7 Å². The van der Waals surface area contributed by atoms with Gasteiger partial charge in [0, 0.05) is 19.2 Å². The molecule has 0 spiro atoms. The normalized spacial score (nSPS) is 18.2. The van der Waals surface area contributed by atoms with E-state index in [1.807, 2.05) is 0 Å². The van der Waals surface area contributed by atoms with E-state index in [0.717, 1.165) is 35.2 Å². The maximum atomic E-state index is 13.9. The molecule has 1 N–H and O–H groups in total. The Bertz CT molecular complexity index is 1020. The number of carbonyl (C=O) groups is 3. The first-order chi connectivity index (χ1) is 14.3. The largest absolute Gasteiger partial charge is 0.350 e. The van der Waals surface area contributed by atoms with E-state index in [-0.39, 0.29) is 29.3 Å². The van der Waals surface area contributed by atoms with Gasteiger partial charge in [0.25, 0.3) is 5.91 Å². The second kappa shape index (κ2) is 7.81. The zero-order chi connectivity index (χ0) is 21.4. The molecule has 1 saturated heterocycles. The highest BCUT2D eigenvalue weighted by molar-refractivity contribution is 6.12. The fourth-order valence-corrected chi connectivity index (χ4v) is 3.91. The fourth-order valence-electron chi connectivity index (χ4n) is 3.91. The summed E-state index contributed by atoms with van der Waals surface area (Å²) in [6.45, 7) is -0.192. The van der Waals surface area contributed by atoms with E-state index < -0.39 is 41.9 Å². The summed E-state index contributed by atoms with van der Waals surface area (Å²) in [6, 6.07) is 5.67. The number of anilines is 1. The molecule has 9 heteroatoms. The summed E-state index contributed by atoms with van der Waals surface area (Å²) in [6.07, 6.45) is 1.12. The third-order valence-corrected chi connectivity index (χ3v) is 5.26. The molecule has 0 bridgehead atoms. The lowest BCUT2D eigenvalue weighted by Crippen LogP contribution is -2.48. The van der Waals surface area contributed by atoms with Gasteiger partial charge in [-0.25, -0.2) is 13.2 Å². The number of rotatable bonds is 4. The maximum Gasteiger partial charge on any atom is 0.256 e. The number of carbonyl (C=O) groups excluding carboxylic acids is 3. The van der Waals surface area contributed by atoms with Crippen molar-refractivity contribution in [1.82, 2.24) is 10.2 Å². The van der Waals surface area contributed by atoms with Gasteiger partial charge in [0.15, 0.2) is 0 Å². The lowest BCUT2D eigenvalue weighted by Gasteiger charge is -2.25. The quantitative estimate of drug-likeness (QED) is 0.831. The van der Waals surface area contributed by atoms with Crippen LogP contribution in [-0.4, -0.2) is 41.8 Å². The zero-order valence-electron chi connectivity index (χ0n) is 15.8. The Balaban J connectivity index is 1.57. The van der Waals surface area contributed by atoms with E-state index in [2.05, 4.69) is 5.32 Å². The minimum Gasteiger partial charge on any atom is -0.350 e. The van der Waals surface area contributed by atoms with Gasteiger partial charge < -0.3 is 15.1 Å². The molecule has 2 aromatic carbocycles. The molecule has 2 aliphatic rings. The first kappa shape index (κ1) is 19.9. The topological polar surface area (TPSA) is 69.7 Å². The molecule has 0 unspecified atom stereocenters. The molecule has 1 atom stereocenters. The summed E-state index contributed by atoms with van der Waals surface area (Å²) in [5, 5.41) is 2.50. The van der Waals surface area contributed by atoms with Crippen molar-refractivity contribution in [3.8, 4) is 0 Å². The first-order valence-electron chi connectivity index (χ1n) is 9.47. The van der Waals surface area contributed by atoms with Crippen molar-refractivity contribution < 1.29 is 27.6 Å². The molecule has 2 aliphatic heterocycles. The van der Waals surface area contributed by atoms with Crippen LogP contribution in [-0.2, 0) is 16.1 Å². The number of nitrogens with one attached hydrogen (secondary N) is 1. The van der Waals surface area contributed by atoms with Gasteiger partial charge in [0.05, 0.1) is 11.3 Å². The van der Waals surface area contributed by atoms with Crippen LogP contribution < -0.4 is 10.2 Å². The van der Waals surface area contributed by atoms with Crippen LogP contribution in [0.5, 0.6) is 0 Å². The SMILES string of the molecule is O=C(CN1C(=O)[C@H]2CCCN2C(=O)c2ccc(F)cc21)NCc1cc(F)cc(F)c1. The molecular formula is C21H18F3N3O3. The molecule has 3 amide bonds. The Morgan fingerprint density at radius 2 is 1.77 bits per heavy atom. The average molecular weight is 417 g/mol. The number of benzene rings is 2. The molecule has 0 saturated carbocycles. The number of nitrogens with zero attached hydrogens (tertiary/aromatic N) is 2. The van der Waals surface area contributed by atoms with Crippen LogP contribution in [0.3, 0.4) is 0 Å². The lowest BCUT2D eigenvalue weighted by molar-refractivity contribution is -0.125. The van der Waals surface area contributed by atoms with Crippen LogP contribution in [0.4, 0.5) is 18.9 Å². The van der Waals surface area contributed by atoms with Crippen molar-refractivity contribution in [2.75, 3.05) is 18.0 Å². The van der Waals surface area contributed by atoms with E-state index in [1.54, 1.807) is 0 Å². The van der Waals surface area contributed by atoms with E-state index in [4.69, 9.17) is 0 Å². The summed E-state index contributed by atoms with van der Waals surface area (Å²) in [5.74, 6) is -3.63. The summed E-state index contributed by atoms with van der Waals surface area (Å²) >= 11 is 0. The first-order valence-corrected chi connectivity index (χ1v) is 9.47. The van der Waals surface area contributed by atoms with Crippen molar-refractivity contribution in [2.45, 2.75) is 25.4 Å². The zero-order valence-corrected chi connectivity index (χ0v) is 15.8. The van der Waals surface area contributed by atoms with Crippen LogP contribution in [0, 0.1) is 17.5 Å². The Morgan fingerprint density at radius 3 is 2.50 bits per heavy atom. The van der Waals surface area contributed by atoms with Crippen LogP contribution in [0.2, 0.25) is 0 Å². The van der Waals surface area contributed by atoms with Crippen LogP contribution in [0.15, 0.2) is 36.4 Å². The number of halogens is 3. The Morgan fingerprint density at radius 1 is 1.03 bits per heavy atom. The van der Waals surface area contributed by atoms with E-state index >= 15 is 0 Å². The van der Waals surface area contributed by atoms with Gasteiger partial charge in [-0.1, -0.05) is 0 Å². The molecule has 30 heavy (non-hydrogen) atoms. The lowest BCUT2D eigenvalue weighted by atomic mass is 10.1. The molecule has 0 radical (unpaired) electrons. The van der Waals surface area contributed by atoms with Gasteiger partial charge >= 0.3 is 0 Å². The van der Waals surface area contributed by atoms with Crippen molar-refractivity contribution in [3.05, 3.63) is 65.0 Å². The van der Waals surface area contributed by atoms with E-state index in [9.17, 15) is 27.6 Å². The van der Waals surface area contributed by atoms with Gasteiger partial charge in [0.2, 0.25) is 11.8 Å². The number of fused-ring (bicyclic) bond motifs is 2. The van der Waals surface area contributed by atoms with Gasteiger partial charge in [-0.2, -0.15) is 0 Å². The molecule has 4 rings (SSSR count). The molecule has 2 heterocycles. The summed E-state index contributed by atoms with van der Waals surface area (Å²) in [5.41, 5.74) is 0.395. The predicted octanol–water partition coefficient (Wildman–Crippen LogP) is 2.37. The Hall–Kier alpha value is -3.36. The van der Waals surface area contributed by atoms with Gasteiger partial charge in [0.1, 0.15) is 30.0 Å². The minimum atomic E-state index is -0.772. The molecule has 2 aromatic rings. The highest BCUT2D eigenvalue weighted by Gasteiger charge is 2.42. The Kier molecular flexibility index (Phi) is 5.19. The molecule has 1 fully saturated rings. The smallest absolute Gasteiger partial charge is 0.256 e. The second-order valence-corrected chi connectivity index (χ2v) is 7.30. The van der Waals surface area contributed by atoms with E-state index in [0.29, 0.717) is 19.4 Å². The van der Waals surface area contributed by atoms with Crippen LogP contribution >= 0.6 is 0 Å². The highest BCUT2D eigenvalue weighted by atomic mass is 19.1. The van der Waals surface area contributed by atoms with Crippen molar-refractivity contribution >= 4 is 23.4 Å². The maximum absolute atomic E-state index is 13.9. The molecule has 6 nitrogen and oxygen atoms in total. The van der Waals surface area contributed by atoms with E-state index in [1.165, 1.54) is 11.0 Å². The summed E-state index contributed by atoms with van der Waals surface area (Å²) < 4.78 is 40.5. The minimum absolute atomic E-state index is 0.0337. The monoisotopic (exact) mass is 417 g/mol. The van der Waals surface area contributed by atoms with Crippen molar-refractivity contribution in [3.63, 3.8) is 0 Å². The van der Waals surface area contributed by atoms with Crippen LogP contribution in [0.25, 0.3) is 0 Å². The Labute approximate surface area is 170 Å². The second-order valence-electron chi connectivity index (χ2n) is 7.30. The number of amides is 3. The third kappa shape index (κ3) is 3.74. The fraction of sp³-hybridized carbons (Fsp3) is 0.286. The van der Waals surface area contributed by atoms with Crippen molar-refractivity contribution in [2.24, 2.45) is 0 Å². The molecule has 0 aliphatic carbocycles. The predicted molar refractivity (Wildman–Crippen MR) is 101 cm³/mol. The standard InChI is InChI=1S/C21H18F3N3O3/c22-13-3-4-16-18(9-13)27(21(30)17-2-1-5-26(17)20(16)29)11-19(28)25-10-12-6-14(23)8-15(24)7-12/h3-4,6-9,17H,1-2,5,10-11H2,(H,25,28)/t17-/m1/s1. The third-order valence-electron chi connectivity index (χ3n) is 5.26. The summed E-state index contributed by atoms with van der Waals surface area (Å²) in [4.78, 5) is 41.0. The molecule has 0 aromatic heterocycles. The van der Waals surface area contributed by atoms with Crippen molar-refractivity contribution in [1.29, 1.82) is 0 Å². The van der Waals surface area contributed by atoms with Crippen LogP contribution in [0.1, 0.15) is 28.8 Å². The average Bonchev–Trinajstić information content (AvgIpc) is 3.16. The number of hydrogen-bond donors (Lipinski definition) is 1. The molecular weight excluding hydrogens is 399 g/mol. The molecule has 156 valence electrons. The number of hydrogen-bond acceptors (Lipinski definition) is 3. The van der Waals surface area contributed by atoms with Gasteiger partial charge in [-0.3, -0.25) is 14.4 Å². The summed E-state index contributed by atoms with van der Waals surface area (Å²) in [7, 11) is 0. The van der Waals surface area contributed by atoms with Gasteiger partial charge in [-0.15, -0.1) is 0 Å².